The number of nitro groups is 1. The minimum absolute atomic E-state index is 0.00373. The highest BCUT2D eigenvalue weighted by Crippen LogP contribution is 2.34. The summed E-state index contributed by atoms with van der Waals surface area (Å²) >= 11 is 0. The number of nitrogens with zero attached hydrogens (tertiary/aromatic N) is 3. The Bertz CT molecular complexity index is 1300. The highest BCUT2D eigenvalue weighted by atomic mass is 32.2. The van der Waals surface area contributed by atoms with E-state index in [-0.39, 0.29) is 36.4 Å². The number of carbonyl (C=O) groups excluding carboxylic acids is 2. The Morgan fingerprint density at radius 1 is 1.18 bits per heavy atom. The van der Waals surface area contributed by atoms with Crippen molar-refractivity contribution in [3.63, 3.8) is 0 Å². The lowest BCUT2D eigenvalue weighted by molar-refractivity contribution is -0.384. The fourth-order valence-corrected chi connectivity index (χ4v) is 5.50. The van der Waals surface area contributed by atoms with Crippen LogP contribution >= 0.6 is 0 Å². The van der Waals surface area contributed by atoms with Crippen molar-refractivity contribution in [1.29, 1.82) is 0 Å². The molecule has 0 saturated heterocycles. The summed E-state index contributed by atoms with van der Waals surface area (Å²) in [4.78, 5) is 39.1. The van der Waals surface area contributed by atoms with Crippen LogP contribution in [0, 0.1) is 15.9 Å². The number of amides is 2. The predicted molar refractivity (Wildman–Crippen MR) is 143 cm³/mol. The van der Waals surface area contributed by atoms with E-state index in [0.717, 1.165) is 48.4 Å². The van der Waals surface area contributed by atoms with Crippen LogP contribution < -0.4 is 14.4 Å². The van der Waals surface area contributed by atoms with Crippen LogP contribution in [0.4, 0.5) is 15.8 Å². The summed E-state index contributed by atoms with van der Waals surface area (Å²) in [5.74, 6) is -1.54. The molecule has 1 N–H and O–H groups in total. The standard InChI is InChI=1S/C26H33FN4O7S/c1-4-22(26(33)28-20-7-5-6-8-20)29(16-18-9-11-19(27)12-10-18)25(32)17-30(39(3,36)37)23-15-21(31(34)35)13-14-24(23)38-2/h9-15,20,22H,4-8,16-17H2,1-3H3,(H,28,33). The van der Waals surface area contributed by atoms with Gasteiger partial charge in [-0.25, -0.2) is 12.8 Å². The van der Waals surface area contributed by atoms with Crippen LogP contribution in [0.5, 0.6) is 5.75 Å². The molecule has 0 radical (unpaired) electrons. The minimum atomic E-state index is -4.14. The van der Waals surface area contributed by atoms with Crippen molar-refractivity contribution >= 4 is 33.2 Å². The lowest BCUT2D eigenvalue weighted by atomic mass is 10.1. The van der Waals surface area contributed by atoms with Crippen molar-refractivity contribution in [3.05, 3.63) is 64.0 Å². The maximum Gasteiger partial charge on any atom is 0.271 e. The second-order valence-electron chi connectivity index (χ2n) is 9.45. The average Bonchev–Trinajstić information content (AvgIpc) is 3.40. The number of sulfonamides is 1. The van der Waals surface area contributed by atoms with Gasteiger partial charge in [-0.3, -0.25) is 24.0 Å². The van der Waals surface area contributed by atoms with E-state index in [4.69, 9.17) is 4.74 Å². The number of hydrogen-bond donors (Lipinski definition) is 1. The number of benzene rings is 2. The molecular formula is C26H33FN4O7S. The molecular weight excluding hydrogens is 531 g/mol. The topological polar surface area (TPSA) is 139 Å². The number of anilines is 1. The van der Waals surface area contributed by atoms with Gasteiger partial charge in [0.15, 0.2) is 0 Å². The molecule has 1 unspecified atom stereocenters. The summed E-state index contributed by atoms with van der Waals surface area (Å²) in [6.45, 7) is 0.909. The molecule has 1 fully saturated rings. The van der Waals surface area contributed by atoms with Gasteiger partial charge in [-0.05, 0) is 43.0 Å². The van der Waals surface area contributed by atoms with E-state index in [2.05, 4.69) is 5.32 Å². The average molecular weight is 565 g/mol. The Morgan fingerprint density at radius 2 is 1.82 bits per heavy atom. The molecule has 0 spiro atoms. The maximum atomic E-state index is 13.8. The predicted octanol–water partition coefficient (Wildman–Crippen LogP) is 3.37. The van der Waals surface area contributed by atoms with Gasteiger partial charge in [-0.15, -0.1) is 0 Å². The van der Waals surface area contributed by atoms with E-state index >= 15 is 0 Å². The smallest absolute Gasteiger partial charge is 0.271 e. The first-order valence-electron chi connectivity index (χ1n) is 12.6. The van der Waals surface area contributed by atoms with E-state index in [1.165, 1.54) is 42.3 Å². The molecule has 13 heteroatoms. The van der Waals surface area contributed by atoms with Crippen LogP contribution in [-0.2, 0) is 26.2 Å². The number of ether oxygens (including phenoxy) is 1. The van der Waals surface area contributed by atoms with Crippen LogP contribution in [0.3, 0.4) is 0 Å². The van der Waals surface area contributed by atoms with Gasteiger partial charge < -0.3 is 15.0 Å². The van der Waals surface area contributed by atoms with Crippen molar-refractivity contribution in [2.75, 3.05) is 24.2 Å². The maximum absolute atomic E-state index is 13.8. The zero-order chi connectivity index (χ0) is 28.7. The molecule has 3 rings (SSSR count). The summed E-state index contributed by atoms with van der Waals surface area (Å²) < 4.78 is 45.2. The van der Waals surface area contributed by atoms with Gasteiger partial charge >= 0.3 is 0 Å². The highest BCUT2D eigenvalue weighted by molar-refractivity contribution is 7.92. The molecule has 0 aliphatic heterocycles. The Hall–Kier alpha value is -3.74. The molecule has 0 bridgehead atoms. The van der Waals surface area contributed by atoms with Crippen molar-refractivity contribution in [1.82, 2.24) is 10.2 Å². The molecule has 2 aromatic rings. The number of carbonyl (C=O) groups is 2. The van der Waals surface area contributed by atoms with E-state index in [0.29, 0.717) is 5.56 Å². The van der Waals surface area contributed by atoms with Crippen molar-refractivity contribution in [2.24, 2.45) is 0 Å². The van der Waals surface area contributed by atoms with E-state index in [1.54, 1.807) is 6.92 Å². The highest BCUT2D eigenvalue weighted by Gasteiger charge is 2.34. The molecule has 11 nitrogen and oxygen atoms in total. The van der Waals surface area contributed by atoms with Crippen molar-refractivity contribution < 1.29 is 32.1 Å². The van der Waals surface area contributed by atoms with E-state index in [1.807, 2.05) is 0 Å². The third-order valence-corrected chi connectivity index (χ3v) is 7.80. The van der Waals surface area contributed by atoms with E-state index < -0.39 is 44.9 Å². The third kappa shape index (κ3) is 7.65. The first kappa shape index (κ1) is 29.8. The zero-order valence-corrected chi connectivity index (χ0v) is 22.9. The lowest BCUT2D eigenvalue weighted by Gasteiger charge is -2.33. The second-order valence-corrected chi connectivity index (χ2v) is 11.4. The molecule has 0 aromatic heterocycles. The van der Waals surface area contributed by atoms with E-state index in [9.17, 15) is 32.5 Å². The van der Waals surface area contributed by atoms with Crippen molar-refractivity contribution in [3.8, 4) is 5.75 Å². The first-order valence-corrected chi connectivity index (χ1v) is 14.4. The van der Waals surface area contributed by atoms with Crippen LogP contribution in [0.2, 0.25) is 0 Å². The number of methoxy groups -OCH3 is 1. The summed E-state index contributed by atoms with van der Waals surface area (Å²) in [5, 5.41) is 14.4. The number of nitrogens with one attached hydrogen (secondary N) is 1. The van der Waals surface area contributed by atoms with Gasteiger partial charge in [0.1, 0.15) is 29.8 Å². The molecule has 0 heterocycles. The molecule has 2 amide bonds. The minimum Gasteiger partial charge on any atom is -0.495 e. The lowest BCUT2D eigenvalue weighted by Crippen LogP contribution is -2.53. The molecule has 1 aliphatic carbocycles. The molecule has 1 saturated carbocycles. The Morgan fingerprint density at radius 3 is 2.36 bits per heavy atom. The van der Waals surface area contributed by atoms with Gasteiger partial charge in [0, 0.05) is 24.7 Å². The van der Waals surface area contributed by atoms with Crippen LogP contribution in [-0.4, -0.2) is 62.0 Å². The molecule has 1 aliphatic rings. The number of hydrogen-bond acceptors (Lipinski definition) is 7. The molecule has 39 heavy (non-hydrogen) atoms. The van der Waals surface area contributed by atoms with Gasteiger partial charge in [-0.1, -0.05) is 31.9 Å². The monoisotopic (exact) mass is 564 g/mol. The van der Waals surface area contributed by atoms with Crippen LogP contribution in [0.25, 0.3) is 0 Å². The van der Waals surface area contributed by atoms with Crippen molar-refractivity contribution in [2.45, 2.75) is 57.7 Å². The normalized spacial score (nSPS) is 14.5. The fourth-order valence-electron chi connectivity index (χ4n) is 4.66. The molecule has 2 aromatic carbocycles. The summed E-state index contributed by atoms with van der Waals surface area (Å²) in [6, 6.07) is 7.91. The quantitative estimate of drug-likeness (QED) is 0.308. The van der Waals surface area contributed by atoms with Crippen LogP contribution in [0.1, 0.15) is 44.6 Å². The molecule has 212 valence electrons. The summed E-state index contributed by atoms with van der Waals surface area (Å²) in [5.41, 5.74) is -0.0408. The van der Waals surface area contributed by atoms with Gasteiger partial charge in [-0.2, -0.15) is 0 Å². The fraction of sp³-hybridized carbons (Fsp3) is 0.462. The second kappa shape index (κ2) is 12.9. The van der Waals surface area contributed by atoms with Gasteiger partial charge in [0.2, 0.25) is 21.8 Å². The van der Waals surface area contributed by atoms with Crippen LogP contribution in [0.15, 0.2) is 42.5 Å². The number of nitro benzene ring substituents is 1. The molecule has 1 atom stereocenters. The summed E-state index contributed by atoms with van der Waals surface area (Å²) in [7, 11) is -2.87. The van der Waals surface area contributed by atoms with Gasteiger partial charge in [0.05, 0.1) is 18.3 Å². The Balaban J connectivity index is 2.00. The Kier molecular flexibility index (Phi) is 9.84. The third-order valence-electron chi connectivity index (χ3n) is 6.67. The first-order chi connectivity index (χ1) is 18.4. The SMILES string of the molecule is CCC(C(=O)NC1CCCC1)N(Cc1ccc(F)cc1)C(=O)CN(c1cc([N+](=O)[O-])ccc1OC)S(C)(=O)=O. The van der Waals surface area contributed by atoms with Gasteiger partial charge in [0.25, 0.3) is 5.69 Å². The summed E-state index contributed by atoms with van der Waals surface area (Å²) in [6.07, 6.45) is 4.77. The Labute approximate surface area is 227 Å². The zero-order valence-electron chi connectivity index (χ0n) is 22.1. The largest absolute Gasteiger partial charge is 0.495 e. The number of rotatable bonds is 12. The number of non-ortho nitro benzene ring substituents is 1. The number of halogens is 1.